The lowest BCUT2D eigenvalue weighted by Crippen LogP contribution is -2.58. The lowest BCUT2D eigenvalue weighted by molar-refractivity contribution is -0.143. The molecule has 0 aliphatic carbocycles. The molecule has 1 aromatic rings. The highest BCUT2D eigenvalue weighted by Crippen LogP contribution is 2.09. The van der Waals surface area contributed by atoms with E-state index in [1.807, 2.05) is 6.07 Å². The molecule has 1 fully saturated rings. The first-order valence-corrected chi connectivity index (χ1v) is 11.6. The average molecular weight is 478 g/mol. The molecule has 1 heterocycles. The number of hydrogen-bond acceptors (Lipinski definition) is 7. The van der Waals surface area contributed by atoms with Crippen LogP contribution in [-0.2, 0) is 25.6 Å². The molecule has 11 nitrogen and oxygen atoms in total. The van der Waals surface area contributed by atoms with E-state index < -0.39 is 42.5 Å². The van der Waals surface area contributed by atoms with E-state index in [1.165, 1.54) is 0 Å². The van der Waals surface area contributed by atoms with Gasteiger partial charge in [0.05, 0.1) is 12.6 Å². The first-order valence-electron chi connectivity index (χ1n) is 11.6. The van der Waals surface area contributed by atoms with E-state index in [0.717, 1.165) is 18.5 Å². The van der Waals surface area contributed by atoms with Gasteiger partial charge in [-0.2, -0.15) is 0 Å². The number of amides is 3. The molecule has 4 atom stereocenters. The van der Waals surface area contributed by atoms with Crippen LogP contribution >= 0.6 is 0 Å². The van der Waals surface area contributed by atoms with Crippen LogP contribution in [0.5, 0.6) is 0 Å². The van der Waals surface area contributed by atoms with Gasteiger partial charge in [-0.25, -0.2) is 4.79 Å². The van der Waals surface area contributed by atoms with Gasteiger partial charge in [-0.3, -0.25) is 14.4 Å². The summed E-state index contributed by atoms with van der Waals surface area (Å²) in [6.07, 6.45) is 3.27. The number of carbonyl (C=O) groups is 4. The van der Waals surface area contributed by atoms with E-state index in [2.05, 4.69) is 21.3 Å². The Labute approximate surface area is 198 Å². The molecular formula is C23H35N5O6. The van der Waals surface area contributed by atoms with E-state index in [9.17, 15) is 24.3 Å². The van der Waals surface area contributed by atoms with Gasteiger partial charge in [0.1, 0.15) is 18.1 Å². The first-order chi connectivity index (χ1) is 16.3. The topological polar surface area (TPSA) is 183 Å². The number of carbonyl (C=O) groups excluding carboxylic acids is 3. The number of unbranched alkanes of at least 4 members (excludes halogenated alkanes) is 1. The minimum atomic E-state index is -1.50. The summed E-state index contributed by atoms with van der Waals surface area (Å²) >= 11 is 0. The van der Waals surface area contributed by atoms with Crippen molar-refractivity contribution in [1.82, 2.24) is 21.3 Å². The van der Waals surface area contributed by atoms with Gasteiger partial charge in [0.25, 0.3) is 0 Å². The Morgan fingerprint density at radius 1 is 1.00 bits per heavy atom. The van der Waals surface area contributed by atoms with Gasteiger partial charge in [0, 0.05) is 6.42 Å². The molecule has 11 heteroatoms. The summed E-state index contributed by atoms with van der Waals surface area (Å²) in [6.45, 7) is 0.388. The summed E-state index contributed by atoms with van der Waals surface area (Å²) in [5.41, 5.74) is 6.31. The van der Waals surface area contributed by atoms with Gasteiger partial charge < -0.3 is 37.2 Å². The van der Waals surface area contributed by atoms with Gasteiger partial charge in [0.2, 0.25) is 17.7 Å². The third-order valence-corrected chi connectivity index (χ3v) is 5.67. The zero-order valence-electron chi connectivity index (χ0n) is 19.2. The number of carboxylic acids is 1. The zero-order chi connectivity index (χ0) is 24.9. The molecule has 0 bridgehead atoms. The Morgan fingerprint density at radius 2 is 1.68 bits per heavy atom. The molecule has 0 radical (unpaired) electrons. The van der Waals surface area contributed by atoms with Gasteiger partial charge in [0.15, 0.2) is 0 Å². The minimum Gasteiger partial charge on any atom is -0.480 e. The van der Waals surface area contributed by atoms with Crippen LogP contribution in [0.1, 0.15) is 37.7 Å². The minimum absolute atomic E-state index is 0.101. The number of carboxylic acid groups (broad SMARTS) is 1. The maximum Gasteiger partial charge on any atom is 0.328 e. The van der Waals surface area contributed by atoms with Crippen LogP contribution in [0.25, 0.3) is 0 Å². The van der Waals surface area contributed by atoms with Crippen LogP contribution in [0.3, 0.4) is 0 Å². The molecule has 0 saturated carbocycles. The highest BCUT2D eigenvalue weighted by atomic mass is 16.4. The standard InChI is InChI=1S/C23H35N5O6/c24-11-5-4-9-17(26-20(30)16-10-6-12-25-16)21(31)27-18(13-15-7-2-1-3-8-15)22(32)28-19(14-29)23(33)34/h1-3,7-8,16-19,25,29H,4-6,9-14,24H2,(H,26,30)(H,27,31)(H,28,32)(H,33,34). The average Bonchev–Trinajstić information content (AvgIpc) is 3.37. The molecule has 1 aliphatic heterocycles. The molecular weight excluding hydrogens is 442 g/mol. The fourth-order valence-corrected chi connectivity index (χ4v) is 3.73. The molecule has 2 rings (SSSR count). The van der Waals surface area contributed by atoms with E-state index in [4.69, 9.17) is 10.8 Å². The maximum absolute atomic E-state index is 13.2. The highest BCUT2D eigenvalue weighted by Gasteiger charge is 2.31. The normalized spacial score (nSPS) is 17.9. The van der Waals surface area contributed by atoms with Gasteiger partial charge in [-0.15, -0.1) is 0 Å². The van der Waals surface area contributed by atoms with Crippen LogP contribution < -0.4 is 27.0 Å². The third-order valence-electron chi connectivity index (χ3n) is 5.67. The Morgan fingerprint density at radius 3 is 2.26 bits per heavy atom. The number of hydrogen-bond donors (Lipinski definition) is 7. The second kappa shape index (κ2) is 14.3. The number of nitrogens with one attached hydrogen (secondary N) is 4. The molecule has 0 spiro atoms. The number of rotatable bonds is 14. The largest absolute Gasteiger partial charge is 0.480 e. The predicted octanol–water partition coefficient (Wildman–Crippen LogP) is -1.36. The summed E-state index contributed by atoms with van der Waals surface area (Å²) in [6, 6.07) is 5.07. The summed E-state index contributed by atoms with van der Waals surface area (Å²) in [5.74, 6) is -2.96. The molecule has 8 N–H and O–H groups in total. The van der Waals surface area contributed by atoms with Crippen molar-refractivity contribution in [2.45, 2.75) is 62.7 Å². The number of aliphatic carboxylic acids is 1. The maximum atomic E-state index is 13.2. The first kappa shape index (κ1) is 27.2. The number of aliphatic hydroxyl groups is 1. The third kappa shape index (κ3) is 8.73. The SMILES string of the molecule is NCCCCC(NC(=O)C1CCCN1)C(=O)NC(Cc1ccccc1)C(=O)NC(CO)C(=O)O. The van der Waals surface area contributed by atoms with Crippen molar-refractivity contribution in [3.8, 4) is 0 Å². The molecule has 3 amide bonds. The van der Waals surface area contributed by atoms with Crippen LogP contribution in [0, 0.1) is 0 Å². The highest BCUT2D eigenvalue weighted by molar-refractivity contribution is 5.94. The van der Waals surface area contributed by atoms with Crippen molar-refractivity contribution in [2.24, 2.45) is 5.73 Å². The Hall–Kier alpha value is -3.02. The molecule has 4 unspecified atom stereocenters. The fraction of sp³-hybridized carbons (Fsp3) is 0.565. The molecule has 1 saturated heterocycles. The number of benzene rings is 1. The van der Waals surface area contributed by atoms with Crippen molar-refractivity contribution in [3.63, 3.8) is 0 Å². The Kier molecular flexibility index (Phi) is 11.4. The van der Waals surface area contributed by atoms with E-state index in [0.29, 0.717) is 32.2 Å². The van der Waals surface area contributed by atoms with Crippen molar-refractivity contribution in [3.05, 3.63) is 35.9 Å². The Bertz CT molecular complexity index is 815. The van der Waals surface area contributed by atoms with Gasteiger partial charge in [-0.05, 0) is 50.8 Å². The van der Waals surface area contributed by atoms with Gasteiger partial charge in [-0.1, -0.05) is 30.3 Å². The van der Waals surface area contributed by atoms with E-state index in [1.54, 1.807) is 24.3 Å². The van der Waals surface area contributed by atoms with Crippen molar-refractivity contribution < 1.29 is 29.4 Å². The van der Waals surface area contributed by atoms with Crippen molar-refractivity contribution in [2.75, 3.05) is 19.7 Å². The van der Waals surface area contributed by atoms with E-state index >= 15 is 0 Å². The van der Waals surface area contributed by atoms with Crippen LogP contribution in [-0.4, -0.2) is 77.8 Å². The van der Waals surface area contributed by atoms with Crippen LogP contribution in [0.2, 0.25) is 0 Å². The smallest absolute Gasteiger partial charge is 0.328 e. The predicted molar refractivity (Wildman–Crippen MR) is 125 cm³/mol. The zero-order valence-corrected chi connectivity index (χ0v) is 19.2. The van der Waals surface area contributed by atoms with Crippen molar-refractivity contribution in [1.29, 1.82) is 0 Å². The molecule has 1 aromatic carbocycles. The molecule has 1 aliphatic rings. The number of nitrogens with two attached hydrogens (primary N) is 1. The van der Waals surface area contributed by atoms with Crippen LogP contribution in [0.4, 0.5) is 0 Å². The molecule has 188 valence electrons. The molecule has 0 aromatic heterocycles. The number of aliphatic hydroxyl groups excluding tert-OH is 1. The molecule has 34 heavy (non-hydrogen) atoms. The monoisotopic (exact) mass is 477 g/mol. The second-order valence-corrected chi connectivity index (χ2v) is 8.33. The summed E-state index contributed by atoms with van der Waals surface area (Å²) < 4.78 is 0. The van der Waals surface area contributed by atoms with Crippen molar-refractivity contribution >= 4 is 23.7 Å². The van der Waals surface area contributed by atoms with E-state index in [-0.39, 0.29) is 18.4 Å². The lowest BCUT2D eigenvalue weighted by Gasteiger charge is -2.25. The summed E-state index contributed by atoms with van der Waals surface area (Å²) in [5, 5.41) is 29.2. The lowest BCUT2D eigenvalue weighted by atomic mass is 10.0. The quantitative estimate of drug-likeness (QED) is 0.160. The van der Waals surface area contributed by atoms with Gasteiger partial charge >= 0.3 is 5.97 Å². The fourth-order valence-electron chi connectivity index (χ4n) is 3.73. The second-order valence-electron chi connectivity index (χ2n) is 8.33. The summed E-state index contributed by atoms with van der Waals surface area (Å²) in [4.78, 5) is 49.9. The van der Waals surface area contributed by atoms with Crippen LogP contribution in [0.15, 0.2) is 30.3 Å². The Balaban J connectivity index is 2.15. The summed E-state index contributed by atoms with van der Waals surface area (Å²) in [7, 11) is 0.